The van der Waals surface area contributed by atoms with Crippen LogP contribution in [-0.4, -0.2) is 6.61 Å². The van der Waals surface area contributed by atoms with E-state index in [1.54, 1.807) is 6.07 Å². The van der Waals surface area contributed by atoms with Crippen molar-refractivity contribution in [2.45, 2.75) is 20.1 Å². The fourth-order valence-electron chi connectivity index (χ4n) is 2.68. The molecule has 0 bridgehead atoms. The van der Waals surface area contributed by atoms with Gasteiger partial charge in [0.15, 0.2) is 11.5 Å². The van der Waals surface area contributed by atoms with Gasteiger partial charge in [0, 0.05) is 17.8 Å². The minimum Gasteiger partial charge on any atom is -0.490 e. The Morgan fingerprint density at radius 3 is 2.43 bits per heavy atom. The molecule has 3 aromatic rings. The van der Waals surface area contributed by atoms with Crippen LogP contribution in [0, 0.1) is 5.82 Å². The van der Waals surface area contributed by atoms with E-state index >= 15 is 0 Å². The number of hydrogen-bond donors (Lipinski definition) is 1. The van der Waals surface area contributed by atoms with Gasteiger partial charge < -0.3 is 14.8 Å². The van der Waals surface area contributed by atoms with E-state index in [-0.39, 0.29) is 6.61 Å². The molecular formula is C22H20Cl2FNO2. The zero-order valence-corrected chi connectivity index (χ0v) is 16.9. The van der Waals surface area contributed by atoms with E-state index in [1.165, 1.54) is 12.1 Å². The first-order valence-electron chi connectivity index (χ1n) is 8.87. The highest BCUT2D eigenvalue weighted by atomic mass is 35.5. The largest absolute Gasteiger partial charge is 0.490 e. The van der Waals surface area contributed by atoms with Crippen molar-refractivity contribution in [2.24, 2.45) is 0 Å². The molecule has 0 saturated heterocycles. The Kier molecular flexibility index (Phi) is 7.01. The van der Waals surface area contributed by atoms with Gasteiger partial charge in [-0.2, -0.15) is 0 Å². The SMILES string of the molecule is CCOc1cc(CNc2ccccc2)cc(Cl)c1OCc1ccc(F)cc1Cl. The normalized spacial score (nSPS) is 10.6. The predicted molar refractivity (Wildman–Crippen MR) is 112 cm³/mol. The van der Waals surface area contributed by atoms with Gasteiger partial charge in [0.2, 0.25) is 0 Å². The number of hydrogen-bond acceptors (Lipinski definition) is 3. The minimum absolute atomic E-state index is 0.153. The van der Waals surface area contributed by atoms with Crippen LogP contribution in [0.5, 0.6) is 11.5 Å². The lowest BCUT2D eigenvalue weighted by molar-refractivity contribution is 0.269. The average Bonchev–Trinajstić information content (AvgIpc) is 2.68. The van der Waals surface area contributed by atoms with Crippen LogP contribution in [0.15, 0.2) is 60.7 Å². The molecule has 0 spiro atoms. The van der Waals surface area contributed by atoms with Gasteiger partial charge in [0.1, 0.15) is 12.4 Å². The van der Waals surface area contributed by atoms with Crippen LogP contribution in [0.3, 0.4) is 0 Å². The maximum atomic E-state index is 13.2. The fourth-order valence-corrected chi connectivity index (χ4v) is 3.18. The van der Waals surface area contributed by atoms with Crippen LogP contribution < -0.4 is 14.8 Å². The van der Waals surface area contributed by atoms with Gasteiger partial charge >= 0.3 is 0 Å². The van der Waals surface area contributed by atoms with Gasteiger partial charge in [-0.25, -0.2) is 4.39 Å². The Labute approximate surface area is 174 Å². The summed E-state index contributed by atoms with van der Waals surface area (Å²) < 4.78 is 24.8. The molecule has 0 amide bonds. The first-order valence-corrected chi connectivity index (χ1v) is 9.63. The number of halogens is 3. The maximum absolute atomic E-state index is 13.2. The van der Waals surface area contributed by atoms with Crippen molar-refractivity contribution >= 4 is 28.9 Å². The second-order valence-corrected chi connectivity index (χ2v) is 6.90. The summed E-state index contributed by atoms with van der Waals surface area (Å²) in [6.45, 7) is 3.11. The summed E-state index contributed by atoms with van der Waals surface area (Å²) in [6.07, 6.45) is 0. The van der Waals surface area contributed by atoms with Crippen LogP contribution >= 0.6 is 23.2 Å². The van der Waals surface area contributed by atoms with Crippen molar-refractivity contribution < 1.29 is 13.9 Å². The highest BCUT2D eigenvalue weighted by molar-refractivity contribution is 6.32. The van der Waals surface area contributed by atoms with Crippen molar-refractivity contribution in [3.8, 4) is 11.5 Å². The van der Waals surface area contributed by atoms with Gasteiger partial charge in [-0.1, -0.05) is 47.5 Å². The molecule has 3 nitrogen and oxygen atoms in total. The van der Waals surface area contributed by atoms with Crippen LogP contribution in [0.1, 0.15) is 18.1 Å². The smallest absolute Gasteiger partial charge is 0.180 e. The van der Waals surface area contributed by atoms with Crippen molar-refractivity contribution in [3.63, 3.8) is 0 Å². The second-order valence-electron chi connectivity index (χ2n) is 6.08. The van der Waals surface area contributed by atoms with E-state index in [0.29, 0.717) is 40.3 Å². The number of ether oxygens (including phenoxy) is 2. The van der Waals surface area contributed by atoms with Gasteiger partial charge in [0.05, 0.1) is 16.7 Å². The Bertz CT molecular complexity index is 935. The topological polar surface area (TPSA) is 30.5 Å². The van der Waals surface area contributed by atoms with E-state index < -0.39 is 5.82 Å². The first kappa shape index (κ1) is 20.3. The van der Waals surface area contributed by atoms with Crippen LogP contribution in [0.25, 0.3) is 0 Å². The Morgan fingerprint density at radius 1 is 0.929 bits per heavy atom. The molecule has 3 rings (SSSR count). The van der Waals surface area contributed by atoms with Crippen LogP contribution in [-0.2, 0) is 13.2 Å². The Balaban J connectivity index is 1.76. The van der Waals surface area contributed by atoms with Gasteiger partial charge in [-0.3, -0.25) is 0 Å². The average molecular weight is 420 g/mol. The molecule has 0 heterocycles. The summed E-state index contributed by atoms with van der Waals surface area (Å²) in [4.78, 5) is 0. The third kappa shape index (κ3) is 5.31. The molecule has 0 aliphatic heterocycles. The van der Waals surface area contributed by atoms with Crippen LogP contribution in [0.4, 0.5) is 10.1 Å². The van der Waals surface area contributed by atoms with Gasteiger partial charge in [-0.05, 0) is 48.9 Å². The Hall–Kier alpha value is -2.43. The molecule has 1 N–H and O–H groups in total. The molecule has 0 saturated carbocycles. The van der Waals surface area contributed by atoms with Gasteiger partial charge in [0.25, 0.3) is 0 Å². The van der Waals surface area contributed by atoms with Crippen molar-refractivity contribution in [2.75, 3.05) is 11.9 Å². The zero-order chi connectivity index (χ0) is 19.9. The van der Waals surface area contributed by atoms with E-state index in [0.717, 1.165) is 11.3 Å². The summed E-state index contributed by atoms with van der Waals surface area (Å²) in [7, 11) is 0. The number of nitrogens with one attached hydrogen (secondary N) is 1. The van der Waals surface area contributed by atoms with E-state index in [1.807, 2.05) is 49.4 Å². The molecule has 0 atom stereocenters. The van der Waals surface area contributed by atoms with E-state index in [9.17, 15) is 4.39 Å². The summed E-state index contributed by atoms with van der Waals surface area (Å²) in [5, 5.41) is 4.08. The lowest BCUT2D eigenvalue weighted by atomic mass is 10.2. The second kappa shape index (κ2) is 9.67. The molecular weight excluding hydrogens is 400 g/mol. The number of benzene rings is 3. The molecule has 0 radical (unpaired) electrons. The van der Waals surface area contributed by atoms with Crippen molar-refractivity contribution in [3.05, 3.63) is 87.7 Å². The summed E-state index contributed by atoms with van der Waals surface area (Å²) in [6, 6.07) is 17.8. The fraction of sp³-hybridized carbons (Fsp3) is 0.182. The van der Waals surface area contributed by atoms with E-state index in [2.05, 4.69) is 5.32 Å². The number of para-hydroxylation sites is 1. The summed E-state index contributed by atoms with van der Waals surface area (Å²) >= 11 is 12.5. The highest BCUT2D eigenvalue weighted by Gasteiger charge is 2.14. The number of rotatable bonds is 8. The third-order valence-electron chi connectivity index (χ3n) is 4.03. The monoisotopic (exact) mass is 419 g/mol. The lowest BCUT2D eigenvalue weighted by Gasteiger charge is -2.16. The summed E-state index contributed by atoms with van der Waals surface area (Å²) in [5.74, 6) is 0.600. The Morgan fingerprint density at radius 2 is 1.71 bits per heavy atom. The molecule has 28 heavy (non-hydrogen) atoms. The van der Waals surface area contributed by atoms with Crippen molar-refractivity contribution in [1.29, 1.82) is 0 Å². The van der Waals surface area contributed by atoms with E-state index in [4.69, 9.17) is 32.7 Å². The van der Waals surface area contributed by atoms with Crippen molar-refractivity contribution in [1.82, 2.24) is 0 Å². The zero-order valence-electron chi connectivity index (χ0n) is 15.3. The maximum Gasteiger partial charge on any atom is 0.180 e. The first-order chi connectivity index (χ1) is 13.6. The minimum atomic E-state index is -0.392. The molecule has 0 unspecified atom stereocenters. The molecule has 0 aromatic heterocycles. The number of anilines is 1. The standard InChI is InChI=1S/C22H20Cl2FNO2/c1-2-27-21-11-15(13-26-18-6-4-3-5-7-18)10-20(24)22(21)28-14-16-8-9-17(25)12-19(16)23/h3-12,26H,2,13-14H2,1H3. The molecule has 3 aromatic carbocycles. The predicted octanol–water partition coefficient (Wildman–Crippen LogP) is 6.72. The lowest BCUT2D eigenvalue weighted by Crippen LogP contribution is -2.04. The molecule has 6 heteroatoms. The summed E-state index contributed by atoms with van der Waals surface area (Å²) in [5.41, 5.74) is 2.64. The highest BCUT2D eigenvalue weighted by Crippen LogP contribution is 2.37. The van der Waals surface area contributed by atoms with Gasteiger partial charge in [-0.15, -0.1) is 0 Å². The van der Waals surface area contributed by atoms with Crippen LogP contribution in [0.2, 0.25) is 10.0 Å². The quantitative estimate of drug-likeness (QED) is 0.439. The molecule has 0 aliphatic rings. The molecule has 0 aliphatic carbocycles. The molecule has 0 fully saturated rings. The molecule has 146 valence electrons. The third-order valence-corrected chi connectivity index (χ3v) is 4.66.